The third-order valence-corrected chi connectivity index (χ3v) is 9.32. The van der Waals surface area contributed by atoms with E-state index < -0.39 is 34.0 Å². The number of ether oxygens (including phenoxy) is 1. The highest BCUT2D eigenvalue weighted by molar-refractivity contribution is 7.89. The second kappa shape index (κ2) is 13.7. The number of aliphatic hydroxyl groups excluding tert-OH is 1. The maximum Gasteiger partial charge on any atom is 0.323 e. The van der Waals surface area contributed by atoms with Gasteiger partial charge in [0.25, 0.3) is 0 Å². The molecule has 0 radical (unpaired) electrons. The molecule has 0 unspecified atom stereocenters. The number of sulfonamides is 1. The molecule has 0 aromatic heterocycles. The zero-order valence-corrected chi connectivity index (χ0v) is 25.5. The van der Waals surface area contributed by atoms with Crippen LogP contribution in [0.25, 0.3) is 0 Å². The van der Waals surface area contributed by atoms with Gasteiger partial charge < -0.3 is 25.4 Å². The molecule has 10 nitrogen and oxygen atoms in total. The molecule has 3 aromatic carbocycles. The Bertz CT molecular complexity index is 1560. The number of nitrogens with zero attached hydrogens (tertiary/aromatic N) is 2. The Morgan fingerprint density at radius 1 is 1.12 bits per heavy atom. The molecule has 43 heavy (non-hydrogen) atoms. The van der Waals surface area contributed by atoms with E-state index in [1.807, 2.05) is 6.92 Å². The summed E-state index contributed by atoms with van der Waals surface area (Å²) in [5.41, 5.74) is 1.24. The van der Waals surface area contributed by atoms with Gasteiger partial charge in [0.1, 0.15) is 17.7 Å². The number of anilines is 2. The van der Waals surface area contributed by atoms with Crippen molar-refractivity contribution in [2.45, 2.75) is 37.3 Å². The first kappa shape index (κ1) is 32.2. The van der Waals surface area contributed by atoms with Crippen molar-refractivity contribution in [3.63, 3.8) is 0 Å². The van der Waals surface area contributed by atoms with Crippen molar-refractivity contribution in [2.24, 2.45) is 5.92 Å². The Labute approximate surface area is 255 Å². The summed E-state index contributed by atoms with van der Waals surface area (Å²) in [6.07, 6.45) is -0.752. The Morgan fingerprint density at radius 3 is 2.40 bits per heavy atom. The van der Waals surface area contributed by atoms with Crippen LogP contribution >= 0.6 is 11.6 Å². The van der Waals surface area contributed by atoms with Gasteiger partial charge in [-0.1, -0.05) is 18.5 Å². The van der Waals surface area contributed by atoms with E-state index in [0.29, 0.717) is 27.7 Å². The second-order valence-electron chi connectivity index (χ2n) is 10.5. The third kappa shape index (κ3) is 8.02. The first-order valence-electron chi connectivity index (χ1n) is 13.6. The molecule has 1 heterocycles. The molecule has 0 saturated carbocycles. The smallest absolute Gasteiger partial charge is 0.323 e. The number of hydrogen-bond donors (Lipinski definition) is 3. The van der Waals surface area contributed by atoms with E-state index in [0.717, 1.165) is 0 Å². The van der Waals surface area contributed by atoms with E-state index in [4.69, 9.17) is 16.3 Å². The zero-order valence-electron chi connectivity index (χ0n) is 24.0. The summed E-state index contributed by atoms with van der Waals surface area (Å²) in [6, 6.07) is 14.9. The quantitative estimate of drug-likeness (QED) is 0.333. The number of likely N-dealkylation sites (N-methyl/N-ethyl adjacent to an activating group) is 1. The molecule has 1 aliphatic heterocycles. The molecule has 3 aromatic rings. The highest BCUT2D eigenvalue weighted by Crippen LogP contribution is 2.30. The van der Waals surface area contributed by atoms with Gasteiger partial charge in [-0.05, 0) is 73.7 Å². The van der Waals surface area contributed by atoms with Crippen LogP contribution in [-0.2, 0) is 21.2 Å². The van der Waals surface area contributed by atoms with Crippen LogP contribution in [0.3, 0.4) is 0 Å². The molecule has 4 rings (SSSR count). The van der Waals surface area contributed by atoms with Gasteiger partial charge >= 0.3 is 6.03 Å². The van der Waals surface area contributed by atoms with Crippen molar-refractivity contribution in [1.82, 2.24) is 9.21 Å². The van der Waals surface area contributed by atoms with E-state index in [2.05, 4.69) is 10.6 Å². The second-order valence-corrected chi connectivity index (χ2v) is 13.0. The summed E-state index contributed by atoms with van der Waals surface area (Å²) in [4.78, 5) is 27.7. The predicted octanol–water partition coefficient (Wildman–Crippen LogP) is 4.59. The fraction of sp³-hybridized carbons (Fsp3) is 0.333. The number of rotatable bonds is 8. The Hall–Kier alpha value is -3.71. The van der Waals surface area contributed by atoms with Crippen LogP contribution in [0.5, 0.6) is 5.75 Å². The number of aliphatic hydroxyl groups is 1. The van der Waals surface area contributed by atoms with Gasteiger partial charge in [0.05, 0.1) is 30.5 Å². The van der Waals surface area contributed by atoms with Crippen molar-refractivity contribution in [3.05, 3.63) is 83.1 Å². The van der Waals surface area contributed by atoms with E-state index in [1.54, 1.807) is 30.0 Å². The Morgan fingerprint density at radius 2 is 1.74 bits per heavy atom. The fourth-order valence-electron chi connectivity index (χ4n) is 4.69. The summed E-state index contributed by atoms with van der Waals surface area (Å²) in [6.45, 7) is 3.53. The summed E-state index contributed by atoms with van der Waals surface area (Å²) in [7, 11) is -2.42. The Balaban J connectivity index is 1.61. The molecular weight excluding hydrogens is 599 g/mol. The molecule has 0 saturated heterocycles. The van der Waals surface area contributed by atoms with E-state index >= 15 is 0 Å². The van der Waals surface area contributed by atoms with Gasteiger partial charge in [0.2, 0.25) is 15.9 Å². The predicted molar refractivity (Wildman–Crippen MR) is 162 cm³/mol. The summed E-state index contributed by atoms with van der Waals surface area (Å²) in [5, 5.41) is 15.6. The molecule has 3 N–H and O–H groups in total. The van der Waals surface area contributed by atoms with E-state index in [1.165, 1.54) is 59.9 Å². The summed E-state index contributed by atoms with van der Waals surface area (Å²) >= 11 is 5.94. The highest BCUT2D eigenvalue weighted by atomic mass is 35.5. The molecule has 1 aliphatic rings. The van der Waals surface area contributed by atoms with Crippen molar-refractivity contribution in [2.75, 3.05) is 37.4 Å². The van der Waals surface area contributed by atoms with Gasteiger partial charge in [-0.25, -0.2) is 17.6 Å². The first-order valence-corrected chi connectivity index (χ1v) is 15.4. The minimum absolute atomic E-state index is 0.0266. The fourth-order valence-corrected chi connectivity index (χ4v) is 6.00. The number of hydrogen-bond acceptors (Lipinski definition) is 6. The lowest BCUT2D eigenvalue weighted by atomic mass is 10.0. The maximum absolute atomic E-state index is 13.4. The van der Waals surface area contributed by atoms with Crippen LogP contribution in [0.15, 0.2) is 71.6 Å². The minimum Gasteiger partial charge on any atom is -0.488 e. The lowest BCUT2D eigenvalue weighted by Crippen LogP contribution is -2.48. The molecule has 3 amide bonds. The van der Waals surface area contributed by atoms with Gasteiger partial charge in [-0.3, -0.25) is 4.79 Å². The molecule has 3 atom stereocenters. The number of nitrogens with one attached hydrogen (secondary N) is 2. The number of benzene rings is 3. The number of amides is 3. The summed E-state index contributed by atoms with van der Waals surface area (Å²) < 4.78 is 47.4. The van der Waals surface area contributed by atoms with Gasteiger partial charge in [-0.15, -0.1) is 0 Å². The van der Waals surface area contributed by atoms with Crippen molar-refractivity contribution >= 4 is 44.9 Å². The van der Waals surface area contributed by atoms with Gasteiger partial charge in [0.15, 0.2) is 0 Å². The first-order chi connectivity index (χ1) is 20.4. The molecule has 230 valence electrons. The minimum atomic E-state index is -3.88. The number of carbonyl (C=O) groups is 2. The van der Waals surface area contributed by atoms with Crippen LogP contribution in [-0.4, -0.2) is 73.6 Å². The average molecular weight is 633 g/mol. The SMILES string of the molecule is C[C@@H]1CN([C@@H](C)CO)C(=O)Cc2cc(NC(=O)Nc3ccc(F)cc3)ccc2O[C@H]1CN(C)S(=O)(=O)c1ccc(Cl)cc1. The average Bonchev–Trinajstić information content (AvgIpc) is 3.01. The highest BCUT2D eigenvalue weighted by Gasteiger charge is 2.33. The molecule has 0 spiro atoms. The number of fused-ring (bicyclic) bond motifs is 1. The normalized spacial score (nSPS) is 18.1. The summed E-state index contributed by atoms with van der Waals surface area (Å²) in [5.74, 6) is -0.648. The lowest BCUT2D eigenvalue weighted by Gasteiger charge is -2.33. The molecule has 0 fully saturated rings. The Kier molecular flexibility index (Phi) is 10.3. The maximum atomic E-state index is 13.4. The molecular formula is C30H34ClFN4O6S. The van der Waals surface area contributed by atoms with Gasteiger partial charge in [-0.2, -0.15) is 4.31 Å². The van der Waals surface area contributed by atoms with Crippen LogP contribution in [0.1, 0.15) is 19.4 Å². The monoisotopic (exact) mass is 632 g/mol. The molecule has 13 heteroatoms. The zero-order chi connectivity index (χ0) is 31.3. The standard InChI is InChI=1S/C30H34ClFN4O6S/c1-19-16-36(20(2)18-37)29(38)15-21-14-25(34-30(39)33-24-8-6-23(32)7-9-24)10-13-27(21)42-28(19)17-35(3)43(40,41)26-11-4-22(31)5-12-26/h4-14,19-20,28,37H,15-18H2,1-3H3,(H2,33,34,39)/t19-,20+,28+/m1/s1. The third-order valence-electron chi connectivity index (χ3n) is 7.24. The number of urea groups is 1. The van der Waals surface area contributed by atoms with Crippen molar-refractivity contribution in [1.29, 1.82) is 0 Å². The topological polar surface area (TPSA) is 128 Å². The number of halogens is 2. The van der Waals surface area contributed by atoms with Crippen LogP contribution in [0.4, 0.5) is 20.6 Å². The lowest BCUT2D eigenvalue weighted by molar-refractivity contribution is -0.134. The van der Waals surface area contributed by atoms with Crippen molar-refractivity contribution < 1.29 is 32.2 Å². The van der Waals surface area contributed by atoms with E-state index in [-0.39, 0.29) is 42.8 Å². The van der Waals surface area contributed by atoms with Crippen molar-refractivity contribution in [3.8, 4) is 5.75 Å². The molecule has 0 aliphatic carbocycles. The van der Waals surface area contributed by atoms with Gasteiger partial charge in [0, 0.05) is 41.5 Å². The molecule has 0 bridgehead atoms. The van der Waals surface area contributed by atoms with Crippen LogP contribution < -0.4 is 15.4 Å². The number of carbonyl (C=O) groups excluding carboxylic acids is 2. The largest absolute Gasteiger partial charge is 0.488 e. The van der Waals surface area contributed by atoms with Crippen LogP contribution in [0, 0.1) is 11.7 Å². The van der Waals surface area contributed by atoms with Crippen LogP contribution in [0.2, 0.25) is 5.02 Å². The van der Waals surface area contributed by atoms with E-state index in [9.17, 15) is 27.5 Å².